The van der Waals surface area contributed by atoms with E-state index < -0.39 is 0 Å². The minimum atomic E-state index is 0.351. The highest BCUT2D eigenvalue weighted by atomic mass is 16.6. The minimum Gasteiger partial charge on any atom is -0.376 e. The quantitative estimate of drug-likeness (QED) is 0.624. The molecule has 1 rings (SSSR count). The van der Waals surface area contributed by atoms with Crippen LogP contribution in [0.4, 0.5) is 0 Å². The van der Waals surface area contributed by atoms with Crippen molar-refractivity contribution in [3.63, 3.8) is 0 Å². The third kappa shape index (κ3) is 2.80. The average molecular weight is 158 g/mol. The molecule has 0 N–H and O–H groups in total. The van der Waals surface area contributed by atoms with E-state index in [-0.39, 0.29) is 0 Å². The molecular weight excluding hydrogens is 140 g/mol. The van der Waals surface area contributed by atoms with Gasteiger partial charge in [0.05, 0.1) is 25.9 Å². The zero-order chi connectivity index (χ0) is 8.10. The molecule has 11 heavy (non-hydrogen) atoms. The van der Waals surface area contributed by atoms with Crippen LogP contribution in [0.25, 0.3) is 0 Å². The van der Waals surface area contributed by atoms with Crippen LogP contribution in [0.3, 0.4) is 0 Å². The standard InChI is InChI=1S/C9H18O2/c1-3-4-8(2)9-7-10-5-6-11-9/h8-9H,3-7H2,1-2H3. The van der Waals surface area contributed by atoms with E-state index in [1.54, 1.807) is 0 Å². The molecule has 0 aromatic carbocycles. The highest BCUT2D eigenvalue weighted by Crippen LogP contribution is 2.16. The molecule has 0 radical (unpaired) electrons. The molecule has 2 heteroatoms. The zero-order valence-electron chi connectivity index (χ0n) is 7.51. The van der Waals surface area contributed by atoms with E-state index in [1.807, 2.05) is 0 Å². The summed E-state index contributed by atoms with van der Waals surface area (Å²) in [5.41, 5.74) is 0. The van der Waals surface area contributed by atoms with Gasteiger partial charge in [0.25, 0.3) is 0 Å². The maximum absolute atomic E-state index is 5.57. The second-order valence-corrected chi connectivity index (χ2v) is 3.25. The maximum Gasteiger partial charge on any atom is 0.0835 e. The molecule has 0 amide bonds. The Morgan fingerprint density at radius 2 is 2.27 bits per heavy atom. The summed E-state index contributed by atoms with van der Waals surface area (Å²) in [7, 11) is 0. The summed E-state index contributed by atoms with van der Waals surface area (Å²) in [6.07, 6.45) is 2.83. The molecule has 1 saturated heterocycles. The number of rotatable bonds is 3. The van der Waals surface area contributed by atoms with Crippen molar-refractivity contribution >= 4 is 0 Å². The lowest BCUT2D eigenvalue weighted by atomic mass is 9.99. The predicted molar refractivity (Wildman–Crippen MR) is 44.6 cm³/mol. The summed E-state index contributed by atoms with van der Waals surface area (Å²) < 4.78 is 10.9. The Hall–Kier alpha value is -0.0800. The van der Waals surface area contributed by atoms with Gasteiger partial charge >= 0.3 is 0 Å². The third-order valence-corrected chi connectivity index (χ3v) is 2.22. The Balaban J connectivity index is 2.21. The largest absolute Gasteiger partial charge is 0.376 e. The van der Waals surface area contributed by atoms with Gasteiger partial charge in [-0.05, 0) is 12.3 Å². The molecule has 1 aliphatic heterocycles. The van der Waals surface area contributed by atoms with Gasteiger partial charge in [0.1, 0.15) is 0 Å². The Morgan fingerprint density at radius 1 is 1.45 bits per heavy atom. The van der Waals surface area contributed by atoms with Gasteiger partial charge in [-0.1, -0.05) is 20.3 Å². The van der Waals surface area contributed by atoms with Gasteiger partial charge in [0.2, 0.25) is 0 Å². The molecule has 0 aromatic rings. The summed E-state index contributed by atoms with van der Waals surface area (Å²) in [6, 6.07) is 0. The summed E-state index contributed by atoms with van der Waals surface area (Å²) >= 11 is 0. The highest BCUT2D eigenvalue weighted by Gasteiger charge is 2.20. The van der Waals surface area contributed by atoms with Crippen LogP contribution in [-0.2, 0) is 9.47 Å². The van der Waals surface area contributed by atoms with Crippen molar-refractivity contribution in [2.45, 2.75) is 32.8 Å². The molecule has 0 saturated carbocycles. The van der Waals surface area contributed by atoms with Gasteiger partial charge in [-0.15, -0.1) is 0 Å². The fourth-order valence-electron chi connectivity index (χ4n) is 1.48. The molecule has 1 fully saturated rings. The lowest BCUT2D eigenvalue weighted by Gasteiger charge is -2.27. The van der Waals surface area contributed by atoms with Crippen LogP contribution in [0.15, 0.2) is 0 Å². The van der Waals surface area contributed by atoms with E-state index in [2.05, 4.69) is 13.8 Å². The molecular formula is C9H18O2. The van der Waals surface area contributed by atoms with Gasteiger partial charge < -0.3 is 9.47 Å². The summed E-state index contributed by atoms with van der Waals surface area (Å²) in [5.74, 6) is 0.653. The highest BCUT2D eigenvalue weighted by molar-refractivity contribution is 4.67. The van der Waals surface area contributed by atoms with E-state index >= 15 is 0 Å². The van der Waals surface area contributed by atoms with Crippen molar-refractivity contribution in [3.05, 3.63) is 0 Å². The first-order chi connectivity index (χ1) is 5.34. The normalized spacial score (nSPS) is 28.4. The van der Waals surface area contributed by atoms with Crippen LogP contribution >= 0.6 is 0 Å². The molecule has 0 aromatic heterocycles. The molecule has 66 valence electrons. The summed E-state index contributed by atoms with van der Waals surface area (Å²) in [5, 5.41) is 0. The van der Waals surface area contributed by atoms with Crippen LogP contribution < -0.4 is 0 Å². The first-order valence-electron chi connectivity index (χ1n) is 4.54. The number of ether oxygens (including phenoxy) is 2. The summed E-state index contributed by atoms with van der Waals surface area (Å²) in [4.78, 5) is 0. The first-order valence-corrected chi connectivity index (χ1v) is 4.54. The smallest absolute Gasteiger partial charge is 0.0835 e. The van der Waals surface area contributed by atoms with Crippen molar-refractivity contribution in [1.29, 1.82) is 0 Å². The SMILES string of the molecule is CCCC(C)C1COCCO1. The van der Waals surface area contributed by atoms with Gasteiger partial charge in [0, 0.05) is 0 Å². The zero-order valence-corrected chi connectivity index (χ0v) is 7.51. The maximum atomic E-state index is 5.57. The monoisotopic (exact) mass is 158 g/mol. The molecule has 1 aliphatic rings. The predicted octanol–water partition coefficient (Wildman–Crippen LogP) is 1.84. The van der Waals surface area contributed by atoms with Gasteiger partial charge in [-0.3, -0.25) is 0 Å². The van der Waals surface area contributed by atoms with E-state index in [9.17, 15) is 0 Å². The van der Waals surface area contributed by atoms with E-state index in [1.165, 1.54) is 12.8 Å². The molecule has 2 unspecified atom stereocenters. The Bertz CT molecular complexity index is 97.7. The van der Waals surface area contributed by atoms with Crippen molar-refractivity contribution in [2.24, 2.45) is 5.92 Å². The minimum absolute atomic E-state index is 0.351. The summed E-state index contributed by atoms with van der Waals surface area (Å²) in [6.45, 7) is 6.79. The lowest BCUT2D eigenvalue weighted by molar-refractivity contribution is -0.109. The molecule has 2 nitrogen and oxygen atoms in total. The van der Waals surface area contributed by atoms with Crippen molar-refractivity contribution in [2.75, 3.05) is 19.8 Å². The molecule has 1 heterocycles. The van der Waals surface area contributed by atoms with Gasteiger partial charge in [-0.25, -0.2) is 0 Å². The number of hydrogen-bond donors (Lipinski definition) is 0. The molecule has 2 atom stereocenters. The van der Waals surface area contributed by atoms with Gasteiger partial charge in [-0.2, -0.15) is 0 Å². The topological polar surface area (TPSA) is 18.5 Å². The van der Waals surface area contributed by atoms with Crippen LogP contribution in [0, 0.1) is 5.92 Å². The van der Waals surface area contributed by atoms with Crippen molar-refractivity contribution in [1.82, 2.24) is 0 Å². The Morgan fingerprint density at radius 3 is 2.82 bits per heavy atom. The fraction of sp³-hybridized carbons (Fsp3) is 1.00. The Kier molecular flexibility index (Phi) is 3.87. The third-order valence-electron chi connectivity index (χ3n) is 2.22. The average Bonchev–Trinajstić information content (AvgIpc) is 2.07. The van der Waals surface area contributed by atoms with E-state index in [4.69, 9.17) is 9.47 Å². The van der Waals surface area contributed by atoms with Crippen LogP contribution in [0.5, 0.6) is 0 Å². The van der Waals surface area contributed by atoms with Crippen LogP contribution in [0.1, 0.15) is 26.7 Å². The molecule has 0 bridgehead atoms. The van der Waals surface area contributed by atoms with Crippen molar-refractivity contribution in [3.8, 4) is 0 Å². The second kappa shape index (κ2) is 4.73. The van der Waals surface area contributed by atoms with Crippen molar-refractivity contribution < 1.29 is 9.47 Å². The lowest BCUT2D eigenvalue weighted by Crippen LogP contribution is -2.33. The van der Waals surface area contributed by atoms with E-state index in [0.29, 0.717) is 12.0 Å². The van der Waals surface area contributed by atoms with Crippen LogP contribution in [-0.4, -0.2) is 25.9 Å². The first kappa shape index (κ1) is 9.01. The van der Waals surface area contributed by atoms with Crippen LogP contribution in [0.2, 0.25) is 0 Å². The number of hydrogen-bond acceptors (Lipinski definition) is 2. The fourth-order valence-corrected chi connectivity index (χ4v) is 1.48. The molecule has 0 aliphatic carbocycles. The molecule has 0 spiro atoms. The van der Waals surface area contributed by atoms with Gasteiger partial charge in [0.15, 0.2) is 0 Å². The van der Waals surface area contributed by atoms with E-state index in [0.717, 1.165) is 19.8 Å². The second-order valence-electron chi connectivity index (χ2n) is 3.25. The Labute approximate surface area is 68.9 Å².